The number of allylic oxidation sites excluding steroid dienone is 3. The van der Waals surface area contributed by atoms with Crippen molar-refractivity contribution in [2.24, 2.45) is 4.99 Å². The van der Waals surface area contributed by atoms with Crippen molar-refractivity contribution in [3.8, 4) is 0 Å². The maximum Gasteiger partial charge on any atom is 0.0632 e. The van der Waals surface area contributed by atoms with E-state index in [0.29, 0.717) is 6.54 Å². The van der Waals surface area contributed by atoms with Crippen molar-refractivity contribution in [2.45, 2.75) is 6.54 Å². The van der Waals surface area contributed by atoms with Crippen molar-refractivity contribution in [1.82, 2.24) is 0 Å². The van der Waals surface area contributed by atoms with E-state index in [1.807, 2.05) is 30.3 Å². The Morgan fingerprint density at radius 3 is 2.44 bits per heavy atom. The summed E-state index contributed by atoms with van der Waals surface area (Å²) in [5.41, 5.74) is 3.08. The van der Waals surface area contributed by atoms with Gasteiger partial charge in [-0.25, -0.2) is 0 Å². The Labute approximate surface area is 102 Å². The summed E-state index contributed by atoms with van der Waals surface area (Å²) in [5, 5.41) is 0. The van der Waals surface area contributed by atoms with E-state index >= 15 is 0 Å². The minimum Gasteiger partial charge on any atom is -0.296 e. The molecular weight excluding hydrogens is 214 g/mol. The van der Waals surface area contributed by atoms with Gasteiger partial charge in [0.25, 0.3) is 0 Å². The molecule has 0 atom stereocenters. The first-order valence-corrected chi connectivity index (χ1v) is 5.36. The van der Waals surface area contributed by atoms with E-state index in [1.165, 1.54) is 0 Å². The molecule has 0 saturated carbocycles. The van der Waals surface area contributed by atoms with E-state index in [0.717, 1.165) is 21.6 Å². The second-order valence-electron chi connectivity index (χ2n) is 3.34. The SMILES string of the molecule is C=C/C=C(\S)C(=C)c1ccc(CN=C)cc1. The number of thiol groups is 1. The lowest BCUT2D eigenvalue weighted by Gasteiger charge is -2.06. The van der Waals surface area contributed by atoms with Crippen molar-refractivity contribution < 1.29 is 0 Å². The molecule has 0 spiro atoms. The number of hydrogen-bond acceptors (Lipinski definition) is 2. The minimum absolute atomic E-state index is 0.642. The zero-order chi connectivity index (χ0) is 12.0. The Morgan fingerprint density at radius 1 is 1.31 bits per heavy atom. The second-order valence-corrected chi connectivity index (χ2v) is 3.83. The number of hydrogen-bond donors (Lipinski definition) is 1. The van der Waals surface area contributed by atoms with Gasteiger partial charge in [0.2, 0.25) is 0 Å². The molecule has 0 amide bonds. The average Bonchev–Trinajstić information content (AvgIpc) is 2.30. The normalized spacial score (nSPS) is 10.9. The first-order chi connectivity index (χ1) is 7.69. The average molecular weight is 229 g/mol. The van der Waals surface area contributed by atoms with Crippen LogP contribution in [0.25, 0.3) is 5.57 Å². The summed E-state index contributed by atoms with van der Waals surface area (Å²) in [6, 6.07) is 8.06. The third kappa shape index (κ3) is 3.24. The van der Waals surface area contributed by atoms with Crippen LogP contribution in [0.3, 0.4) is 0 Å². The van der Waals surface area contributed by atoms with Gasteiger partial charge in [0.05, 0.1) is 6.54 Å². The predicted octanol–water partition coefficient (Wildman–Crippen LogP) is 3.90. The Bertz CT molecular complexity index is 427. The molecule has 1 aromatic rings. The van der Waals surface area contributed by atoms with Gasteiger partial charge >= 0.3 is 0 Å². The molecule has 0 aliphatic carbocycles. The Hall–Kier alpha value is -1.54. The van der Waals surface area contributed by atoms with Crippen molar-refractivity contribution in [2.75, 3.05) is 0 Å². The molecule has 1 rings (SSSR count). The van der Waals surface area contributed by atoms with Crippen LogP contribution >= 0.6 is 12.6 Å². The molecule has 0 aliphatic heterocycles. The summed E-state index contributed by atoms with van der Waals surface area (Å²) >= 11 is 4.35. The minimum atomic E-state index is 0.642. The molecule has 0 unspecified atom stereocenters. The lowest BCUT2D eigenvalue weighted by molar-refractivity contribution is 1.08. The van der Waals surface area contributed by atoms with Gasteiger partial charge < -0.3 is 0 Å². The quantitative estimate of drug-likeness (QED) is 0.446. The van der Waals surface area contributed by atoms with Crippen molar-refractivity contribution in [3.63, 3.8) is 0 Å². The van der Waals surface area contributed by atoms with E-state index in [-0.39, 0.29) is 0 Å². The fraction of sp³-hybridized carbons (Fsp3) is 0.0714. The van der Waals surface area contributed by atoms with Crippen LogP contribution in [0, 0.1) is 0 Å². The fourth-order valence-electron chi connectivity index (χ4n) is 1.30. The van der Waals surface area contributed by atoms with Crippen LogP contribution in [0.2, 0.25) is 0 Å². The molecule has 1 nitrogen and oxygen atoms in total. The maximum absolute atomic E-state index is 4.35. The van der Waals surface area contributed by atoms with E-state index in [2.05, 4.69) is 37.5 Å². The third-order valence-corrected chi connectivity index (χ3v) is 2.60. The molecule has 0 aliphatic rings. The fourth-order valence-corrected chi connectivity index (χ4v) is 1.54. The van der Waals surface area contributed by atoms with Gasteiger partial charge in [-0.05, 0) is 29.5 Å². The first-order valence-electron chi connectivity index (χ1n) is 4.91. The molecule has 16 heavy (non-hydrogen) atoms. The van der Waals surface area contributed by atoms with Crippen LogP contribution < -0.4 is 0 Å². The molecule has 1 aromatic carbocycles. The van der Waals surface area contributed by atoms with Gasteiger partial charge in [-0.1, -0.05) is 43.5 Å². The molecule has 0 N–H and O–H groups in total. The van der Waals surface area contributed by atoms with Crippen LogP contribution in [0.4, 0.5) is 0 Å². The molecule has 2 heteroatoms. The zero-order valence-corrected chi connectivity index (χ0v) is 10.1. The van der Waals surface area contributed by atoms with E-state index in [4.69, 9.17) is 0 Å². The highest BCUT2D eigenvalue weighted by Crippen LogP contribution is 2.24. The highest BCUT2D eigenvalue weighted by Gasteiger charge is 2.01. The van der Waals surface area contributed by atoms with Crippen LogP contribution in [-0.2, 0) is 6.54 Å². The van der Waals surface area contributed by atoms with Crippen LogP contribution in [0.15, 0.2) is 59.5 Å². The van der Waals surface area contributed by atoms with Crippen molar-refractivity contribution in [3.05, 3.63) is 65.6 Å². The number of nitrogens with zero attached hydrogens (tertiary/aromatic N) is 1. The van der Waals surface area contributed by atoms with Crippen LogP contribution in [0.1, 0.15) is 11.1 Å². The van der Waals surface area contributed by atoms with E-state index < -0.39 is 0 Å². The first kappa shape index (κ1) is 12.5. The molecular formula is C14H15NS. The molecule has 0 fully saturated rings. The lowest BCUT2D eigenvalue weighted by atomic mass is 10.0. The Kier molecular flexibility index (Phi) is 4.80. The third-order valence-electron chi connectivity index (χ3n) is 2.18. The largest absolute Gasteiger partial charge is 0.296 e. The summed E-state index contributed by atoms with van der Waals surface area (Å²) in [7, 11) is 0. The topological polar surface area (TPSA) is 12.4 Å². The highest BCUT2D eigenvalue weighted by molar-refractivity contribution is 7.85. The van der Waals surface area contributed by atoms with Crippen LogP contribution in [0.5, 0.6) is 0 Å². The molecule has 0 heterocycles. The second kappa shape index (κ2) is 6.13. The zero-order valence-electron chi connectivity index (χ0n) is 9.19. The van der Waals surface area contributed by atoms with Crippen molar-refractivity contribution >= 4 is 24.9 Å². The summed E-state index contributed by atoms with van der Waals surface area (Å²) in [5.74, 6) is 0. The molecule has 0 bridgehead atoms. The highest BCUT2D eigenvalue weighted by atomic mass is 32.1. The van der Waals surface area contributed by atoms with Gasteiger partial charge in [0.15, 0.2) is 0 Å². The van der Waals surface area contributed by atoms with Gasteiger partial charge in [-0.2, -0.15) is 0 Å². The molecule has 0 saturated heterocycles. The van der Waals surface area contributed by atoms with Gasteiger partial charge in [-0.3, -0.25) is 4.99 Å². The Morgan fingerprint density at radius 2 is 1.94 bits per heavy atom. The van der Waals surface area contributed by atoms with Gasteiger partial charge in [0.1, 0.15) is 0 Å². The standard InChI is InChI=1S/C14H15NS/c1-4-5-14(16)11(2)13-8-6-12(7-9-13)10-15-3/h4-9,16H,1-3,10H2/b14-5-. The smallest absolute Gasteiger partial charge is 0.0632 e. The number of benzene rings is 1. The predicted molar refractivity (Wildman–Crippen MR) is 76.0 cm³/mol. The molecule has 0 aromatic heterocycles. The molecule has 82 valence electrons. The van der Waals surface area contributed by atoms with Gasteiger partial charge in [0, 0.05) is 4.91 Å². The maximum atomic E-state index is 4.35. The van der Waals surface area contributed by atoms with E-state index in [1.54, 1.807) is 6.08 Å². The summed E-state index contributed by atoms with van der Waals surface area (Å²) < 4.78 is 0. The number of rotatable bonds is 5. The summed E-state index contributed by atoms with van der Waals surface area (Å²) in [4.78, 5) is 4.66. The monoisotopic (exact) mass is 229 g/mol. The van der Waals surface area contributed by atoms with Crippen LogP contribution in [-0.4, -0.2) is 6.72 Å². The van der Waals surface area contributed by atoms with Gasteiger partial charge in [-0.15, -0.1) is 12.6 Å². The molecule has 0 radical (unpaired) electrons. The Balaban J connectivity index is 2.89. The van der Waals surface area contributed by atoms with Crippen molar-refractivity contribution in [1.29, 1.82) is 0 Å². The lowest BCUT2D eigenvalue weighted by Crippen LogP contribution is -1.85. The van der Waals surface area contributed by atoms with E-state index in [9.17, 15) is 0 Å². The summed E-state index contributed by atoms with van der Waals surface area (Å²) in [6.07, 6.45) is 3.52. The summed E-state index contributed by atoms with van der Waals surface area (Å²) in [6.45, 7) is 11.7. The number of aliphatic imine (C=N–C) groups is 1.